The minimum Gasteiger partial charge on any atom is -0.458 e. The molecule has 5 amide bonds. The Hall–Kier alpha value is -2.89. The molecule has 2 rings (SSSR count). The number of amides is 5. The molecular weight excluding hydrogens is 566 g/mol. The fourth-order valence-electron chi connectivity index (χ4n) is 4.74. The van der Waals surface area contributed by atoms with E-state index in [1.54, 1.807) is 62.3 Å². The van der Waals surface area contributed by atoms with E-state index in [1.807, 2.05) is 0 Å². The molecule has 0 radical (unpaired) electrons. The van der Waals surface area contributed by atoms with Gasteiger partial charge in [0.1, 0.15) is 23.7 Å². The van der Waals surface area contributed by atoms with Crippen LogP contribution in [0, 0.1) is 16.7 Å². The Bertz CT molecular complexity index is 1070. The quantitative estimate of drug-likeness (QED) is 0.165. The van der Waals surface area contributed by atoms with Crippen LogP contribution in [0.2, 0.25) is 0 Å². The molecule has 2 fully saturated rings. The molecule has 42 heavy (non-hydrogen) atoms. The van der Waals surface area contributed by atoms with E-state index in [4.69, 9.17) is 22.1 Å². The summed E-state index contributed by atoms with van der Waals surface area (Å²) in [6, 6.07) is -4.99. The molecular formula is C29H48ClN5O7. The van der Waals surface area contributed by atoms with Gasteiger partial charge in [-0.3, -0.25) is 19.2 Å². The van der Waals surface area contributed by atoms with E-state index in [1.165, 1.54) is 4.90 Å². The van der Waals surface area contributed by atoms with E-state index in [2.05, 4.69) is 16.0 Å². The Morgan fingerprint density at radius 1 is 0.881 bits per heavy atom. The van der Waals surface area contributed by atoms with Gasteiger partial charge in [0.05, 0.1) is 11.4 Å². The number of nitrogens with two attached hydrogens (primary N) is 1. The molecule has 5 atom stereocenters. The first-order chi connectivity index (χ1) is 19.0. The lowest BCUT2D eigenvalue weighted by Gasteiger charge is -2.37. The predicted octanol–water partition coefficient (Wildman–Crippen LogP) is 2.00. The van der Waals surface area contributed by atoms with Crippen LogP contribution in [0.25, 0.3) is 0 Å². The predicted molar refractivity (Wildman–Crippen MR) is 157 cm³/mol. The zero-order valence-corrected chi connectivity index (χ0v) is 27.0. The summed E-state index contributed by atoms with van der Waals surface area (Å²) in [6.07, 6.45) is 2.19. The van der Waals surface area contributed by atoms with Crippen LogP contribution in [-0.2, 0) is 28.7 Å². The average Bonchev–Trinajstić information content (AvgIpc) is 3.54. The third-order valence-corrected chi connectivity index (χ3v) is 7.47. The van der Waals surface area contributed by atoms with Gasteiger partial charge in [-0.2, -0.15) is 0 Å². The van der Waals surface area contributed by atoms with Gasteiger partial charge < -0.3 is 31.3 Å². The summed E-state index contributed by atoms with van der Waals surface area (Å²) in [5, 5.41) is 7.42. The molecule has 1 aliphatic carbocycles. The number of nitrogens with one attached hydrogen (secondary N) is 3. The number of primary amides is 1. The molecule has 1 aliphatic heterocycles. The first-order valence-electron chi connectivity index (χ1n) is 14.4. The molecule has 0 spiro atoms. The summed E-state index contributed by atoms with van der Waals surface area (Å²) >= 11 is 6.40. The largest absolute Gasteiger partial charge is 0.458 e. The summed E-state index contributed by atoms with van der Waals surface area (Å²) in [7, 11) is 0. The SMILES string of the molecule is CC(C)(C)OC(=O)[C@H](NC(=O)N[C@H](C(=O)N1C[C@H](Cl)C[C@H]1C(=O)NC(CC1CC1)C(=O)C(N)=O)C(C)(C)C)C(C)(C)C. The van der Waals surface area contributed by atoms with Crippen molar-refractivity contribution in [2.75, 3.05) is 6.54 Å². The van der Waals surface area contributed by atoms with Crippen LogP contribution in [0.3, 0.4) is 0 Å². The number of nitrogens with zero attached hydrogens (tertiary/aromatic N) is 1. The molecule has 0 aromatic rings. The zero-order chi connectivity index (χ0) is 32.4. The topological polar surface area (TPSA) is 177 Å². The van der Waals surface area contributed by atoms with Crippen LogP contribution in [0.15, 0.2) is 0 Å². The number of rotatable bonds is 10. The van der Waals surface area contributed by atoms with Crippen LogP contribution in [0.5, 0.6) is 0 Å². The van der Waals surface area contributed by atoms with Gasteiger partial charge in [0.25, 0.3) is 5.91 Å². The van der Waals surface area contributed by atoms with Gasteiger partial charge in [0.15, 0.2) is 0 Å². The fourth-order valence-corrected chi connectivity index (χ4v) is 5.06. The smallest absolute Gasteiger partial charge is 0.329 e. The number of alkyl halides is 1. The Labute approximate surface area is 253 Å². The summed E-state index contributed by atoms with van der Waals surface area (Å²) in [5.41, 5.74) is 2.92. The minimum absolute atomic E-state index is 0.0357. The Balaban J connectivity index is 2.25. The van der Waals surface area contributed by atoms with Crippen molar-refractivity contribution >= 4 is 47.1 Å². The first-order valence-corrected chi connectivity index (χ1v) is 14.8. The van der Waals surface area contributed by atoms with Crippen molar-refractivity contribution in [2.24, 2.45) is 22.5 Å². The van der Waals surface area contributed by atoms with Crippen molar-refractivity contribution in [3.05, 3.63) is 0 Å². The molecule has 2 aliphatic rings. The molecule has 1 unspecified atom stereocenters. The molecule has 238 valence electrons. The fraction of sp³-hybridized carbons (Fsp3) is 0.793. The van der Waals surface area contributed by atoms with Crippen molar-refractivity contribution in [1.82, 2.24) is 20.9 Å². The Kier molecular flexibility index (Phi) is 11.1. The van der Waals surface area contributed by atoms with Crippen molar-refractivity contribution in [1.29, 1.82) is 0 Å². The molecule has 5 N–H and O–H groups in total. The molecule has 13 heteroatoms. The summed E-state index contributed by atoms with van der Waals surface area (Å²) in [4.78, 5) is 78.7. The lowest BCUT2D eigenvalue weighted by Crippen LogP contribution is -2.62. The van der Waals surface area contributed by atoms with E-state index in [9.17, 15) is 28.8 Å². The third-order valence-electron chi connectivity index (χ3n) is 7.15. The molecule has 1 heterocycles. The minimum atomic E-state index is -1.14. The first kappa shape index (κ1) is 35.3. The highest BCUT2D eigenvalue weighted by atomic mass is 35.5. The van der Waals surface area contributed by atoms with Crippen molar-refractivity contribution in [3.8, 4) is 0 Å². The number of carbonyl (C=O) groups excluding carboxylic acids is 6. The van der Waals surface area contributed by atoms with Gasteiger partial charge in [-0.05, 0) is 50.4 Å². The number of Topliss-reactive ketones (excluding diaryl/α,β-unsaturated/α-hetero) is 1. The average molecular weight is 614 g/mol. The monoisotopic (exact) mass is 613 g/mol. The number of ketones is 1. The highest BCUT2D eigenvalue weighted by Crippen LogP contribution is 2.34. The van der Waals surface area contributed by atoms with Crippen LogP contribution in [0.1, 0.15) is 88.0 Å². The Morgan fingerprint density at radius 2 is 1.40 bits per heavy atom. The maximum absolute atomic E-state index is 13.9. The van der Waals surface area contributed by atoms with Gasteiger partial charge in [0.2, 0.25) is 17.6 Å². The number of halogens is 1. The normalized spacial score (nSPS) is 21.5. The third kappa shape index (κ3) is 10.1. The van der Waals surface area contributed by atoms with Crippen LogP contribution in [-0.4, -0.2) is 82.1 Å². The van der Waals surface area contributed by atoms with E-state index in [0.717, 1.165) is 12.8 Å². The van der Waals surface area contributed by atoms with Crippen LogP contribution < -0.4 is 21.7 Å². The van der Waals surface area contributed by atoms with E-state index >= 15 is 0 Å². The summed E-state index contributed by atoms with van der Waals surface area (Å²) < 4.78 is 5.50. The lowest BCUT2D eigenvalue weighted by atomic mass is 9.85. The van der Waals surface area contributed by atoms with E-state index in [-0.39, 0.29) is 25.3 Å². The number of likely N-dealkylation sites (tertiary alicyclic amines) is 1. The lowest BCUT2D eigenvalue weighted by molar-refractivity contribution is -0.160. The van der Waals surface area contributed by atoms with E-state index < -0.39 is 81.5 Å². The van der Waals surface area contributed by atoms with Crippen LogP contribution >= 0.6 is 11.6 Å². The standard InChI is InChI=1S/C29H48ClN5O7/c1-27(2,3)20(33-26(41)34-21(28(4,5)6)25(40)42-29(7,8)9)24(39)35-14-16(30)13-18(35)23(38)32-17(12-15-10-11-15)19(36)22(31)37/h15-18,20-21H,10-14H2,1-9H3,(H2,31,37)(H,32,38)(H2,33,34,41)/t16-,17?,18+,20-,21+/m1/s1. The second-order valence-electron chi connectivity index (χ2n) is 14.6. The van der Waals surface area contributed by atoms with Gasteiger partial charge in [-0.15, -0.1) is 11.6 Å². The molecule has 12 nitrogen and oxygen atoms in total. The second kappa shape index (κ2) is 13.2. The van der Waals surface area contributed by atoms with Crippen molar-refractivity contribution < 1.29 is 33.5 Å². The molecule has 1 saturated carbocycles. The molecule has 0 aromatic heterocycles. The van der Waals surface area contributed by atoms with Gasteiger partial charge in [0, 0.05) is 6.54 Å². The zero-order valence-electron chi connectivity index (χ0n) is 26.3. The number of hydrogen-bond donors (Lipinski definition) is 4. The maximum atomic E-state index is 13.9. The van der Waals surface area contributed by atoms with Crippen LogP contribution in [0.4, 0.5) is 4.79 Å². The van der Waals surface area contributed by atoms with Gasteiger partial charge in [-0.25, -0.2) is 9.59 Å². The van der Waals surface area contributed by atoms with Crippen molar-refractivity contribution in [3.63, 3.8) is 0 Å². The highest BCUT2D eigenvalue weighted by Gasteiger charge is 2.46. The molecule has 1 saturated heterocycles. The number of carbonyl (C=O) groups is 6. The maximum Gasteiger partial charge on any atom is 0.329 e. The number of hydrogen-bond acceptors (Lipinski definition) is 7. The molecule has 0 bridgehead atoms. The number of esters is 1. The van der Waals surface area contributed by atoms with Crippen molar-refractivity contribution in [2.45, 2.75) is 123 Å². The number of urea groups is 1. The van der Waals surface area contributed by atoms with Gasteiger partial charge in [-0.1, -0.05) is 54.4 Å². The Morgan fingerprint density at radius 3 is 1.86 bits per heavy atom. The second-order valence-corrected chi connectivity index (χ2v) is 15.2. The van der Waals surface area contributed by atoms with E-state index in [0.29, 0.717) is 0 Å². The number of ether oxygens (including phenoxy) is 1. The summed E-state index contributed by atoms with van der Waals surface area (Å²) in [6.45, 7) is 15.8. The molecule has 0 aromatic carbocycles. The summed E-state index contributed by atoms with van der Waals surface area (Å²) in [5.74, 6) is -3.61. The highest BCUT2D eigenvalue weighted by molar-refractivity contribution is 6.37. The van der Waals surface area contributed by atoms with Gasteiger partial charge >= 0.3 is 12.0 Å².